The van der Waals surface area contributed by atoms with Gasteiger partial charge in [0.1, 0.15) is 0 Å². The predicted molar refractivity (Wildman–Crippen MR) is 76.4 cm³/mol. The largest absolute Gasteiger partial charge is 0.298 e. The first kappa shape index (κ1) is 14.4. The van der Waals surface area contributed by atoms with Crippen LogP contribution in [0.2, 0.25) is 15.1 Å². The summed E-state index contributed by atoms with van der Waals surface area (Å²) in [4.78, 5) is 5.66. The Kier molecular flexibility index (Phi) is 5.16. The highest BCUT2D eigenvalue weighted by atomic mass is 35.5. The minimum atomic E-state index is -0.0205. The Balaban J connectivity index is 1.99. The topological polar surface area (TPSA) is 21.3 Å². The highest BCUT2D eigenvalue weighted by Crippen LogP contribution is 2.35. The first-order chi connectivity index (χ1) is 8.59. The lowest BCUT2D eigenvalue weighted by atomic mass is 10.1. The molecule has 0 amide bonds. The van der Waals surface area contributed by atoms with E-state index in [9.17, 15) is 0 Å². The van der Waals surface area contributed by atoms with E-state index in [1.54, 1.807) is 6.07 Å². The number of benzene rings is 1. The average molecular weight is 309 g/mol. The molecule has 0 aliphatic heterocycles. The fourth-order valence-corrected chi connectivity index (χ4v) is 2.85. The monoisotopic (exact) mass is 307 g/mol. The molecule has 1 aromatic rings. The van der Waals surface area contributed by atoms with Crippen LogP contribution in [0, 0.1) is 0 Å². The summed E-state index contributed by atoms with van der Waals surface area (Å²) >= 11 is 18.1. The van der Waals surface area contributed by atoms with Crippen LogP contribution in [0.5, 0.6) is 0 Å². The standard InChI is InChI=1S/C13H16Cl3NO/c1-8(17-18-9-4-2-3-5-9)10-6-7-11(14)13(16)12(10)15/h6-9,17H,2-5H2,1H3. The van der Waals surface area contributed by atoms with Crippen LogP contribution in [0.4, 0.5) is 0 Å². The zero-order valence-electron chi connectivity index (χ0n) is 10.2. The van der Waals surface area contributed by atoms with Gasteiger partial charge in [0.05, 0.1) is 27.2 Å². The molecule has 0 radical (unpaired) electrons. The molecule has 1 N–H and O–H groups in total. The van der Waals surface area contributed by atoms with E-state index in [-0.39, 0.29) is 6.04 Å². The predicted octanol–water partition coefficient (Wildman–Crippen LogP) is 5.17. The van der Waals surface area contributed by atoms with Gasteiger partial charge in [0, 0.05) is 0 Å². The van der Waals surface area contributed by atoms with Crippen LogP contribution in [-0.4, -0.2) is 6.10 Å². The third kappa shape index (κ3) is 3.31. The maximum atomic E-state index is 6.18. The summed E-state index contributed by atoms with van der Waals surface area (Å²) in [5.41, 5.74) is 3.93. The first-order valence-electron chi connectivity index (χ1n) is 6.14. The van der Waals surface area contributed by atoms with E-state index in [0.29, 0.717) is 21.2 Å². The highest BCUT2D eigenvalue weighted by molar-refractivity contribution is 6.48. The van der Waals surface area contributed by atoms with Crippen molar-refractivity contribution >= 4 is 34.8 Å². The molecule has 5 heteroatoms. The van der Waals surface area contributed by atoms with Crippen molar-refractivity contribution < 1.29 is 4.84 Å². The summed E-state index contributed by atoms with van der Waals surface area (Å²) < 4.78 is 0. The zero-order valence-corrected chi connectivity index (χ0v) is 12.4. The van der Waals surface area contributed by atoms with E-state index in [2.05, 4.69) is 5.48 Å². The van der Waals surface area contributed by atoms with Gasteiger partial charge in [-0.25, -0.2) is 0 Å². The quantitative estimate of drug-likeness (QED) is 0.612. The molecule has 1 aromatic carbocycles. The van der Waals surface area contributed by atoms with Gasteiger partial charge in [-0.15, -0.1) is 0 Å². The van der Waals surface area contributed by atoms with E-state index in [1.807, 2.05) is 13.0 Å². The van der Waals surface area contributed by atoms with Crippen LogP contribution in [0.15, 0.2) is 12.1 Å². The molecule has 0 spiro atoms. The van der Waals surface area contributed by atoms with Crippen molar-refractivity contribution in [1.29, 1.82) is 0 Å². The van der Waals surface area contributed by atoms with Crippen LogP contribution < -0.4 is 5.48 Å². The second-order valence-electron chi connectivity index (χ2n) is 4.63. The lowest BCUT2D eigenvalue weighted by Gasteiger charge is -2.19. The van der Waals surface area contributed by atoms with Crippen LogP contribution in [0.3, 0.4) is 0 Å². The number of nitrogens with one attached hydrogen (secondary N) is 1. The van der Waals surface area contributed by atoms with Crippen molar-refractivity contribution in [3.8, 4) is 0 Å². The second kappa shape index (κ2) is 6.44. The van der Waals surface area contributed by atoms with Gasteiger partial charge >= 0.3 is 0 Å². The maximum absolute atomic E-state index is 6.18. The summed E-state index contributed by atoms with van der Waals surface area (Å²) in [6.07, 6.45) is 5.04. The Labute approximate surface area is 123 Å². The van der Waals surface area contributed by atoms with Crippen LogP contribution in [0.25, 0.3) is 0 Å². The molecule has 1 aliphatic rings. The molecule has 0 bridgehead atoms. The van der Waals surface area contributed by atoms with Crippen molar-refractivity contribution in [1.82, 2.24) is 5.48 Å². The maximum Gasteiger partial charge on any atom is 0.0790 e. The van der Waals surface area contributed by atoms with Gasteiger partial charge in [-0.05, 0) is 31.4 Å². The van der Waals surface area contributed by atoms with Gasteiger partial charge in [-0.2, -0.15) is 5.48 Å². The van der Waals surface area contributed by atoms with Gasteiger partial charge in [0.25, 0.3) is 0 Å². The van der Waals surface area contributed by atoms with E-state index in [1.165, 1.54) is 12.8 Å². The first-order valence-corrected chi connectivity index (χ1v) is 7.27. The molecule has 1 saturated carbocycles. The Hall–Kier alpha value is 0.01000. The molecular formula is C13H16Cl3NO. The summed E-state index contributed by atoms with van der Waals surface area (Å²) in [5.74, 6) is 0. The van der Waals surface area contributed by atoms with E-state index in [4.69, 9.17) is 39.6 Å². The minimum Gasteiger partial charge on any atom is -0.298 e. The molecular weight excluding hydrogens is 293 g/mol. The molecule has 2 rings (SSSR count). The van der Waals surface area contributed by atoms with Crippen molar-refractivity contribution in [2.75, 3.05) is 0 Å². The summed E-state index contributed by atoms with van der Waals surface area (Å²) in [7, 11) is 0. The lowest BCUT2D eigenvalue weighted by molar-refractivity contribution is -0.0376. The number of rotatable bonds is 4. The SMILES string of the molecule is CC(NOC1CCCC1)c1ccc(Cl)c(Cl)c1Cl. The smallest absolute Gasteiger partial charge is 0.0790 e. The number of halogens is 3. The van der Waals surface area contributed by atoms with Gasteiger partial charge < -0.3 is 0 Å². The molecule has 0 heterocycles. The van der Waals surface area contributed by atoms with Gasteiger partial charge in [0.2, 0.25) is 0 Å². The fraction of sp³-hybridized carbons (Fsp3) is 0.538. The molecule has 0 saturated heterocycles. The Morgan fingerprint density at radius 2 is 1.83 bits per heavy atom. The van der Waals surface area contributed by atoms with E-state index >= 15 is 0 Å². The van der Waals surface area contributed by atoms with E-state index < -0.39 is 0 Å². The molecule has 1 unspecified atom stereocenters. The van der Waals surface area contributed by atoms with Crippen molar-refractivity contribution in [2.45, 2.75) is 44.8 Å². The molecule has 1 fully saturated rings. The minimum absolute atomic E-state index is 0.0205. The van der Waals surface area contributed by atoms with Crippen molar-refractivity contribution in [3.05, 3.63) is 32.8 Å². The molecule has 18 heavy (non-hydrogen) atoms. The Morgan fingerprint density at radius 3 is 2.50 bits per heavy atom. The number of hydrogen-bond acceptors (Lipinski definition) is 2. The normalized spacial score (nSPS) is 18.2. The summed E-state index contributed by atoms with van der Waals surface area (Å²) in [6.45, 7) is 1.99. The molecule has 1 atom stereocenters. The van der Waals surface area contributed by atoms with Crippen LogP contribution in [-0.2, 0) is 4.84 Å². The Morgan fingerprint density at radius 1 is 1.17 bits per heavy atom. The molecule has 2 nitrogen and oxygen atoms in total. The van der Waals surface area contributed by atoms with Gasteiger partial charge in [-0.1, -0.05) is 53.7 Å². The molecule has 100 valence electrons. The van der Waals surface area contributed by atoms with Crippen molar-refractivity contribution in [3.63, 3.8) is 0 Å². The van der Waals surface area contributed by atoms with Crippen LogP contribution in [0.1, 0.15) is 44.2 Å². The van der Waals surface area contributed by atoms with Crippen LogP contribution >= 0.6 is 34.8 Å². The number of hydroxylamine groups is 1. The third-order valence-electron chi connectivity index (χ3n) is 3.25. The molecule has 0 aromatic heterocycles. The Bertz CT molecular complexity index is 419. The van der Waals surface area contributed by atoms with E-state index in [0.717, 1.165) is 18.4 Å². The zero-order chi connectivity index (χ0) is 13.1. The highest BCUT2D eigenvalue weighted by Gasteiger charge is 2.19. The fourth-order valence-electron chi connectivity index (χ4n) is 2.14. The summed E-state index contributed by atoms with van der Waals surface area (Å²) in [5, 5.41) is 1.35. The van der Waals surface area contributed by atoms with Gasteiger partial charge in [0.15, 0.2) is 0 Å². The summed E-state index contributed by atoms with van der Waals surface area (Å²) in [6, 6.07) is 3.60. The third-order valence-corrected chi connectivity index (χ3v) is 4.55. The lowest BCUT2D eigenvalue weighted by Crippen LogP contribution is -2.25. The van der Waals surface area contributed by atoms with Gasteiger partial charge in [-0.3, -0.25) is 4.84 Å². The molecule has 1 aliphatic carbocycles. The average Bonchev–Trinajstić information content (AvgIpc) is 2.86. The number of hydrogen-bond donors (Lipinski definition) is 1. The second-order valence-corrected chi connectivity index (χ2v) is 5.79. The van der Waals surface area contributed by atoms with Crippen molar-refractivity contribution in [2.24, 2.45) is 0 Å².